The molecule has 0 bridgehead atoms. The molecule has 0 saturated carbocycles. The molecule has 0 saturated heterocycles. The molecule has 1 aromatic heterocycles. The minimum Gasteiger partial charge on any atom is -0.326 e. The fourth-order valence-electron chi connectivity index (χ4n) is 2.52. The minimum atomic E-state index is -1.03. The summed E-state index contributed by atoms with van der Waals surface area (Å²) in [6, 6.07) is 2.85. The number of halogens is 2. The number of aromatic nitrogens is 2. The SMILES string of the molecule is Cc1nc2n(c(=O)c1C)C(CC(=O)Nc1ccc(F)c(F)c1)CS2. The van der Waals surface area contributed by atoms with Crippen molar-refractivity contribution >= 4 is 23.4 Å². The number of carbonyl (C=O) groups is 1. The van der Waals surface area contributed by atoms with Crippen molar-refractivity contribution in [3.63, 3.8) is 0 Å². The quantitative estimate of drug-likeness (QED) is 0.864. The molecule has 2 aromatic rings. The second-order valence-electron chi connectivity index (χ2n) is 5.63. The van der Waals surface area contributed by atoms with E-state index < -0.39 is 11.6 Å². The molecule has 1 aliphatic rings. The lowest BCUT2D eigenvalue weighted by atomic mass is 10.2. The first-order valence-corrected chi connectivity index (χ1v) is 8.33. The van der Waals surface area contributed by atoms with E-state index in [9.17, 15) is 18.4 Å². The van der Waals surface area contributed by atoms with Crippen LogP contribution in [0.15, 0.2) is 28.2 Å². The monoisotopic (exact) mass is 351 g/mol. The van der Waals surface area contributed by atoms with Gasteiger partial charge >= 0.3 is 0 Å². The molecule has 5 nitrogen and oxygen atoms in total. The Morgan fingerprint density at radius 1 is 1.38 bits per heavy atom. The Morgan fingerprint density at radius 2 is 2.12 bits per heavy atom. The molecule has 1 amide bonds. The number of hydrogen-bond acceptors (Lipinski definition) is 4. The van der Waals surface area contributed by atoms with Gasteiger partial charge in [-0.05, 0) is 26.0 Å². The normalized spacial score (nSPS) is 16.1. The van der Waals surface area contributed by atoms with Gasteiger partial charge in [0.05, 0.1) is 6.04 Å². The predicted octanol–water partition coefficient (Wildman–Crippen LogP) is 2.81. The Morgan fingerprint density at radius 3 is 2.83 bits per heavy atom. The Labute approximate surface area is 141 Å². The average molecular weight is 351 g/mol. The van der Waals surface area contributed by atoms with Crippen molar-refractivity contribution in [3.05, 3.63) is 51.4 Å². The summed E-state index contributed by atoms with van der Waals surface area (Å²) in [6.07, 6.45) is 0.0586. The van der Waals surface area contributed by atoms with Gasteiger partial charge in [-0.25, -0.2) is 13.8 Å². The Hall–Kier alpha value is -2.22. The van der Waals surface area contributed by atoms with Crippen molar-refractivity contribution in [1.82, 2.24) is 9.55 Å². The van der Waals surface area contributed by atoms with Crippen LogP contribution in [0.4, 0.5) is 14.5 Å². The topological polar surface area (TPSA) is 64.0 Å². The van der Waals surface area contributed by atoms with Crippen LogP contribution in [-0.4, -0.2) is 21.2 Å². The summed E-state index contributed by atoms with van der Waals surface area (Å²) in [7, 11) is 0. The number of fused-ring (bicyclic) bond motifs is 1. The molecule has 126 valence electrons. The zero-order valence-corrected chi connectivity index (χ0v) is 13.9. The third-order valence-corrected chi connectivity index (χ3v) is 5.04. The molecule has 1 unspecified atom stereocenters. The van der Waals surface area contributed by atoms with E-state index in [0.29, 0.717) is 22.2 Å². The van der Waals surface area contributed by atoms with Gasteiger partial charge in [-0.3, -0.25) is 14.2 Å². The summed E-state index contributed by atoms with van der Waals surface area (Å²) in [5.74, 6) is -1.81. The highest BCUT2D eigenvalue weighted by atomic mass is 32.2. The number of carbonyl (C=O) groups excluding carboxylic acids is 1. The van der Waals surface area contributed by atoms with E-state index in [1.807, 2.05) is 0 Å². The average Bonchev–Trinajstić information content (AvgIpc) is 2.91. The minimum absolute atomic E-state index is 0.0586. The number of thioether (sulfide) groups is 1. The number of hydrogen-bond donors (Lipinski definition) is 1. The Bertz CT molecular complexity index is 882. The molecule has 1 aliphatic heterocycles. The third-order valence-electron chi connectivity index (χ3n) is 3.95. The highest BCUT2D eigenvalue weighted by Gasteiger charge is 2.28. The second-order valence-corrected chi connectivity index (χ2v) is 6.61. The van der Waals surface area contributed by atoms with Gasteiger partial charge in [0.1, 0.15) is 0 Å². The maximum Gasteiger partial charge on any atom is 0.257 e. The van der Waals surface area contributed by atoms with Crippen LogP contribution in [0.1, 0.15) is 23.7 Å². The summed E-state index contributed by atoms with van der Waals surface area (Å²) < 4.78 is 27.6. The number of anilines is 1. The van der Waals surface area contributed by atoms with Gasteiger partial charge in [0.15, 0.2) is 16.8 Å². The van der Waals surface area contributed by atoms with Crippen LogP contribution in [0.5, 0.6) is 0 Å². The zero-order valence-electron chi connectivity index (χ0n) is 13.1. The molecule has 8 heteroatoms. The summed E-state index contributed by atoms with van der Waals surface area (Å²) in [6.45, 7) is 3.49. The summed E-state index contributed by atoms with van der Waals surface area (Å²) in [5.41, 5.74) is 1.28. The highest BCUT2D eigenvalue weighted by molar-refractivity contribution is 7.99. The first-order chi connectivity index (χ1) is 11.4. The van der Waals surface area contributed by atoms with Crippen molar-refractivity contribution in [1.29, 1.82) is 0 Å². The predicted molar refractivity (Wildman–Crippen MR) is 87.3 cm³/mol. The van der Waals surface area contributed by atoms with E-state index in [2.05, 4.69) is 10.3 Å². The molecule has 0 aliphatic carbocycles. The van der Waals surface area contributed by atoms with Crippen molar-refractivity contribution < 1.29 is 13.6 Å². The summed E-state index contributed by atoms with van der Waals surface area (Å²) in [5, 5.41) is 3.13. The van der Waals surface area contributed by atoms with Crippen molar-refractivity contribution in [2.24, 2.45) is 0 Å². The van der Waals surface area contributed by atoms with Gasteiger partial charge in [0.2, 0.25) is 5.91 Å². The maximum absolute atomic E-state index is 13.2. The number of nitrogens with one attached hydrogen (secondary N) is 1. The van der Waals surface area contributed by atoms with Gasteiger partial charge in [-0.15, -0.1) is 0 Å². The number of rotatable bonds is 3. The van der Waals surface area contributed by atoms with Crippen LogP contribution >= 0.6 is 11.8 Å². The number of amides is 1. The van der Waals surface area contributed by atoms with E-state index in [4.69, 9.17) is 0 Å². The first kappa shape index (κ1) is 16.6. The van der Waals surface area contributed by atoms with E-state index in [0.717, 1.165) is 12.1 Å². The summed E-state index contributed by atoms with van der Waals surface area (Å²) in [4.78, 5) is 28.9. The highest BCUT2D eigenvalue weighted by Crippen LogP contribution is 2.32. The van der Waals surface area contributed by atoms with Crippen LogP contribution in [0.3, 0.4) is 0 Å². The maximum atomic E-state index is 13.2. The number of benzene rings is 1. The van der Waals surface area contributed by atoms with E-state index >= 15 is 0 Å². The molecule has 1 N–H and O–H groups in total. The largest absolute Gasteiger partial charge is 0.326 e. The van der Waals surface area contributed by atoms with Gasteiger partial charge in [-0.1, -0.05) is 11.8 Å². The lowest BCUT2D eigenvalue weighted by molar-refractivity contribution is -0.116. The molecule has 1 aromatic carbocycles. The Kier molecular flexibility index (Phi) is 4.40. The number of aryl methyl sites for hydroxylation is 1. The fourth-order valence-corrected chi connectivity index (χ4v) is 3.70. The lowest BCUT2D eigenvalue weighted by Gasteiger charge is -2.14. The third kappa shape index (κ3) is 3.06. The van der Waals surface area contributed by atoms with Crippen LogP contribution < -0.4 is 10.9 Å². The second kappa shape index (κ2) is 6.35. The Balaban J connectivity index is 1.77. The molecular weight excluding hydrogens is 336 g/mol. The van der Waals surface area contributed by atoms with E-state index in [1.54, 1.807) is 13.8 Å². The standard InChI is InChI=1S/C16H15F2N3O2S/c1-8-9(2)19-16-21(15(8)23)11(7-24-16)6-14(22)20-10-3-4-12(17)13(18)5-10/h3-5,11H,6-7H2,1-2H3,(H,20,22). The summed E-state index contributed by atoms with van der Waals surface area (Å²) >= 11 is 1.43. The molecular formula is C16H15F2N3O2S. The van der Waals surface area contributed by atoms with Crippen molar-refractivity contribution in [2.75, 3.05) is 11.1 Å². The molecule has 0 radical (unpaired) electrons. The van der Waals surface area contributed by atoms with E-state index in [-0.39, 0.29) is 29.6 Å². The van der Waals surface area contributed by atoms with Gasteiger partial charge in [0.25, 0.3) is 5.56 Å². The number of nitrogens with zero attached hydrogens (tertiary/aromatic N) is 2. The van der Waals surface area contributed by atoms with Crippen LogP contribution in [0.2, 0.25) is 0 Å². The van der Waals surface area contributed by atoms with Crippen molar-refractivity contribution in [2.45, 2.75) is 31.5 Å². The zero-order chi connectivity index (χ0) is 17.4. The molecule has 0 fully saturated rings. The smallest absolute Gasteiger partial charge is 0.257 e. The van der Waals surface area contributed by atoms with Crippen molar-refractivity contribution in [3.8, 4) is 0 Å². The fraction of sp³-hybridized carbons (Fsp3) is 0.312. The van der Waals surface area contributed by atoms with E-state index in [1.165, 1.54) is 22.4 Å². The molecule has 1 atom stereocenters. The molecule has 0 spiro atoms. The molecule has 24 heavy (non-hydrogen) atoms. The van der Waals surface area contributed by atoms with Gasteiger partial charge in [0, 0.05) is 35.2 Å². The molecule has 2 heterocycles. The first-order valence-electron chi connectivity index (χ1n) is 7.34. The van der Waals surface area contributed by atoms with Crippen LogP contribution in [0, 0.1) is 25.5 Å². The van der Waals surface area contributed by atoms with Gasteiger partial charge in [-0.2, -0.15) is 0 Å². The molecule has 3 rings (SSSR count). The van der Waals surface area contributed by atoms with Crippen LogP contribution in [0.25, 0.3) is 0 Å². The van der Waals surface area contributed by atoms with Gasteiger partial charge < -0.3 is 5.32 Å². The van der Waals surface area contributed by atoms with Crippen LogP contribution in [-0.2, 0) is 4.79 Å². The lowest BCUT2D eigenvalue weighted by Crippen LogP contribution is -2.29.